The maximum absolute atomic E-state index is 14.5. The first kappa shape index (κ1) is 16.7. The lowest BCUT2D eigenvalue weighted by Crippen LogP contribution is -2.42. The van der Waals surface area contributed by atoms with Crippen LogP contribution in [0.5, 0.6) is 0 Å². The average Bonchev–Trinajstić information content (AvgIpc) is 3.15. The summed E-state index contributed by atoms with van der Waals surface area (Å²) in [6.07, 6.45) is 6.10. The molecule has 1 N–H and O–H groups in total. The van der Waals surface area contributed by atoms with Gasteiger partial charge in [-0.15, -0.1) is 12.4 Å². The van der Waals surface area contributed by atoms with Crippen LogP contribution >= 0.6 is 12.4 Å². The largest absolute Gasteiger partial charge is 0.317 e. The Bertz CT molecular complexity index is 595. The molecule has 0 aromatic heterocycles. The van der Waals surface area contributed by atoms with Gasteiger partial charge in [-0.2, -0.15) is 0 Å². The highest BCUT2D eigenvalue weighted by Gasteiger charge is 2.48. The molecule has 3 nitrogen and oxygen atoms in total. The first-order valence-electron chi connectivity index (χ1n) is 8.52. The predicted octanol–water partition coefficient (Wildman–Crippen LogP) is 3.41. The molecule has 0 unspecified atom stereocenters. The van der Waals surface area contributed by atoms with E-state index in [4.69, 9.17) is 0 Å². The number of benzene rings is 1. The summed E-state index contributed by atoms with van der Waals surface area (Å²) in [5.41, 5.74) is 1.53. The van der Waals surface area contributed by atoms with Crippen LogP contribution in [0.15, 0.2) is 18.2 Å². The molecule has 126 valence electrons. The molecule has 1 spiro atoms. The third-order valence-corrected chi connectivity index (χ3v) is 5.79. The quantitative estimate of drug-likeness (QED) is 0.851. The summed E-state index contributed by atoms with van der Waals surface area (Å²) in [6, 6.07) is 5.23. The monoisotopic (exact) mass is 338 g/mol. The average molecular weight is 339 g/mol. The van der Waals surface area contributed by atoms with Crippen molar-refractivity contribution in [3.8, 4) is 0 Å². The fraction of sp³-hybridized carbons (Fsp3) is 0.611. The Hall–Kier alpha value is -1.13. The van der Waals surface area contributed by atoms with Gasteiger partial charge in [0.25, 0.3) is 0 Å². The number of nitrogens with one attached hydrogen (secondary N) is 1. The van der Waals surface area contributed by atoms with E-state index < -0.39 is 0 Å². The minimum absolute atomic E-state index is 0. The smallest absolute Gasteiger partial charge is 0.230 e. The van der Waals surface area contributed by atoms with Gasteiger partial charge in [0.1, 0.15) is 5.82 Å². The Labute approximate surface area is 143 Å². The number of fused-ring (bicyclic) bond motifs is 2. The minimum Gasteiger partial charge on any atom is -0.317 e. The summed E-state index contributed by atoms with van der Waals surface area (Å²) in [4.78, 5) is 14.9. The molecule has 3 aliphatic rings. The van der Waals surface area contributed by atoms with E-state index >= 15 is 0 Å². The van der Waals surface area contributed by atoms with Crippen LogP contribution in [0.4, 0.5) is 10.1 Å². The summed E-state index contributed by atoms with van der Waals surface area (Å²) in [5, 5.41) is 3.31. The fourth-order valence-electron chi connectivity index (χ4n) is 4.68. The molecule has 1 aromatic rings. The molecular formula is C18H24ClFN2O. The second-order valence-electron chi connectivity index (χ2n) is 7.07. The molecule has 1 aromatic carbocycles. The maximum Gasteiger partial charge on any atom is 0.230 e. The number of rotatable bonds is 1. The van der Waals surface area contributed by atoms with E-state index in [1.807, 2.05) is 11.0 Å². The van der Waals surface area contributed by atoms with Crippen LogP contribution < -0.4 is 10.2 Å². The van der Waals surface area contributed by atoms with E-state index in [0.717, 1.165) is 62.9 Å². The van der Waals surface area contributed by atoms with Crippen molar-refractivity contribution in [1.82, 2.24) is 5.32 Å². The Morgan fingerprint density at radius 1 is 1.22 bits per heavy atom. The summed E-state index contributed by atoms with van der Waals surface area (Å²) >= 11 is 0. The number of piperidine rings is 1. The summed E-state index contributed by atoms with van der Waals surface area (Å²) in [6.45, 7) is 2.50. The maximum atomic E-state index is 14.5. The molecule has 2 fully saturated rings. The van der Waals surface area contributed by atoms with Crippen LogP contribution in [0, 0.1) is 11.7 Å². The lowest BCUT2D eigenvalue weighted by molar-refractivity contribution is -0.123. The first-order chi connectivity index (χ1) is 10.7. The highest BCUT2D eigenvalue weighted by molar-refractivity contribution is 5.98. The standard InChI is InChI=1S/C18H23FN2O.ClH/c19-14-4-3-5-15-16(14)18(8-1-2-9-18)12-21(15)17(22)13-6-10-20-11-7-13;/h3-5,13,20H,1-2,6-12H2;1H. The summed E-state index contributed by atoms with van der Waals surface area (Å²) < 4.78 is 14.5. The van der Waals surface area contributed by atoms with E-state index in [1.54, 1.807) is 12.1 Å². The van der Waals surface area contributed by atoms with E-state index in [0.29, 0.717) is 6.54 Å². The van der Waals surface area contributed by atoms with Gasteiger partial charge in [0.15, 0.2) is 0 Å². The molecule has 4 rings (SSSR count). The van der Waals surface area contributed by atoms with Crippen LogP contribution in [0.1, 0.15) is 44.1 Å². The van der Waals surface area contributed by atoms with Crippen LogP contribution in [0.25, 0.3) is 0 Å². The molecule has 0 atom stereocenters. The fourth-order valence-corrected chi connectivity index (χ4v) is 4.68. The zero-order valence-electron chi connectivity index (χ0n) is 13.3. The second kappa shape index (κ2) is 6.40. The number of hydrogen-bond donors (Lipinski definition) is 1. The van der Waals surface area contributed by atoms with Crippen LogP contribution in [-0.2, 0) is 10.2 Å². The normalized spacial score (nSPS) is 22.9. The number of nitrogens with zero attached hydrogens (tertiary/aromatic N) is 1. The van der Waals surface area contributed by atoms with Gasteiger partial charge >= 0.3 is 0 Å². The number of amides is 1. The Morgan fingerprint density at radius 3 is 2.61 bits per heavy atom. The molecule has 1 aliphatic carbocycles. The van der Waals surface area contributed by atoms with Crippen molar-refractivity contribution in [2.75, 3.05) is 24.5 Å². The molecular weight excluding hydrogens is 315 g/mol. The van der Waals surface area contributed by atoms with Gasteiger partial charge in [0.05, 0.1) is 5.69 Å². The third kappa shape index (κ3) is 2.66. The molecule has 1 saturated carbocycles. The molecule has 2 aliphatic heterocycles. The Morgan fingerprint density at radius 2 is 1.91 bits per heavy atom. The zero-order valence-corrected chi connectivity index (χ0v) is 14.1. The number of carbonyl (C=O) groups is 1. The van der Waals surface area contributed by atoms with E-state index in [2.05, 4.69) is 5.32 Å². The van der Waals surface area contributed by atoms with Gasteiger partial charge in [-0.25, -0.2) is 4.39 Å². The highest BCUT2D eigenvalue weighted by atomic mass is 35.5. The van der Waals surface area contributed by atoms with Gasteiger partial charge in [-0.05, 0) is 50.9 Å². The molecule has 0 bridgehead atoms. The topological polar surface area (TPSA) is 32.3 Å². The zero-order chi connectivity index (χ0) is 15.2. The van der Waals surface area contributed by atoms with E-state index in [1.165, 1.54) is 0 Å². The number of anilines is 1. The lowest BCUT2D eigenvalue weighted by Gasteiger charge is -2.29. The van der Waals surface area contributed by atoms with Crippen LogP contribution in [0.3, 0.4) is 0 Å². The van der Waals surface area contributed by atoms with E-state index in [-0.39, 0.29) is 35.5 Å². The SMILES string of the molecule is Cl.O=C(C1CCNCC1)N1CC2(CCCC2)c2c(F)cccc21. The number of carbonyl (C=O) groups excluding carboxylic acids is 1. The van der Waals surface area contributed by atoms with Crippen molar-refractivity contribution < 1.29 is 9.18 Å². The van der Waals surface area contributed by atoms with Gasteiger partial charge in [0, 0.05) is 23.4 Å². The molecule has 5 heteroatoms. The van der Waals surface area contributed by atoms with Crippen LogP contribution in [-0.4, -0.2) is 25.5 Å². The molecule has 1 saturated heterocycles. The molecule has 2 heterocycles. The predicted molar refractivity (Wildman–Crippen MR) is 91.7 cm³/mol. The van der Waals surface area contributed by atoms with Crippen molar-refractivity contribution in [1.29, 1.82) is 0 Å². The number of hydrogen-bond acceptors (Lipinski definition) is 2. The molecule has 0 radical (unpaired) electrons. The van der Waals surface area contributed by atoms with Crippen molar-refractivity contribution >= 4 is 24.0 Å². The van der Waals surface area contributed by atoms with Gasteiger partial charge in [-0.3, -0.25) is 4.79 Å². The minimum atomic E-state index is -0.125. The summed E-state index contributed by atoms with van der Waals surface area (Å²) in [7, 11) is 0. The van der Waals surface area contributed by atoms with E-state index in [9.17, 15) is 9.18 Å². The lowest BCUT2D eigenvalue weighted by atomic mass is 9.80. The van der Waals surface area contributed by atoms with Crippen molar-refractivity contribution in [3.05, 3.63) is 29.6 Å². The third-order valence-electron chi connectivity index (χ3n) is 5.79. The van der Waals surface area contributed by atoms with Crippen molar-refractivity contribution in [2.24, 2.45) is 5.92 Å². The first-order valence-corrected chi connectivity index (χ1v) is 8.52. The number of halogens is 2. The highest BCUT2D eigenvalue weighted by Crippen LogP contribution is 2.51. The molecule has 23 heavy (non-hydrogen) atoms. The molecule has 1 amide bonds. The van der Waals surface area contributed by atoms with Gasteiger partial charge < -0.3 is 10.2 Å². The second-order valence-corrected chi connectivity index (χ2v) is 7.07. The van der Waals surface area contributed by atoms with Crippen LogP contribution in [0.2, 0.25) is 0 Å². The Kier molecular flexibility index (Phi) is 4.65. The van der Waals surface area contributed by atoms with Gasteiger partial charge in [0.2, 0.25) is 5.91 Å². The Balaban J connectivity index is 0.00000156. The van der Waals surface area contributed by atoms with Crippen molar-refractivity contribution in [2.45, 2.75) is 43.9 Å². The summed E-state index contributed by atoms with van der Waals surface area (Å²) in [5.74, 6) is 0.172. The van der Waals surface area contributed by atoms with Gasteiger partial charge in [-0.1, -0.05) is 18.9 Å². The van der Waals surface area contributed by atoms with Crippen molar-refractivity contribution in [3.63, 3.8) is 0 Å².